The normalized spacial score (nSPS) is 10.8. The SMILES string of the molecule is N=C(N=C(N)N)N(Cc1cccc(O)c1O)NC(N=C(N)N)=NCc1cccc(O)c1O. The lowest BCUT2D eigenvalue weighted by atomic mass is 10.2. The van der Waals surface area contributed by atoms with Crippen molar-refractivity contribution in [2.24, 2.45) is 37.9 Å². The van der Waals surface area contributed by atoms with E-state index >= 15 is 0 Å². The van der Waals surface area contributed by atoms with Gasteiger partial charge in [0.2, 0.25) is 11.9 Å². The quantitative estimate of drug-likeness (QED) is 0.117. The number of guanidine groups is 4. The van der Waals surface area contributed by atoms with Crippen LogP contribution >= 0.6 is 0 Å². The van der Waals surface area contributed by atoms with Crippen molar-refractivity contribution in [1.82, 2.24) is 10.4 Å². The molecule has 14 nitrogen and oxygen atoms in total. The minimum absolute atomic E-state index is 0.153. The number of hydrogen-bond acceptors (Lipinski definition) is 6. The van der Waals surface area contributed by atoms with Crippen molar-refractivity contribution in [3.63, 3.8) is 0 Å². The molecule has 170 valence electrons. The highest BCUT2D eigenvalue weighted by Crippen LogP contribution is 2.29. The third-order valence-corrected chi connectivity index (χ3v) is 3.88. The van der Waals surface area contributed by atoms with E-state index in [1.54, 1.807) is 0 Å². The van der Waals surface area contributed by atoms with Crippen LogP contribution in [0.25, 0.3) is 0 Å². The Morgan fingerprint density at radius 3 is 1.94 bits per heavy atom. The van der Waals surface area contributed by atoms with E-state index in [1.165, 1.54) is 36.4 Å². The second-order valence-corrected chi connectivity index (χ2v) is 6.30. The number of nitrogens with one attached hydrogen (secondary N) is 2. The summed E-state index contributed by atoms with van der Waals surface area (Å²) >= 11 is 0. The molecule has 0 aromatic heterocycles. The van der Waals surface area contributed by atoms with Gasteiger partial charge in [-0.3, -0.25) is 10.8 Å². The molecule has 0 heterocycles. The van der Waals surface area contributed by atoms with Crippen molar-refractivity contribution in [2.45, 2.75) is 13.1 Å². The number of hydrazine groups is 1. The largest absolute Gasteiger partial charge is 0.504 e. The van der Waals surface area contributed by atoms with E-state index in [0.29, 0.717) is 0 Å². The minimum Gasteiger partial charge on any atom is -0.504 e. The van der Waals surface area contributed by atoms with Gasteiger partial charge in [0.15, 0.2) is 34.9 Å². The molecule has 0 atom stereocenters. The lowest BCUT2D eigenvalue weighted by Crippen LogP contribution is -2.46. The zero-order valence-electron chi connectivity index (χ0n) is 16.8. The van der Waals surface area contributed by atoms with Gasteiger partial charge >= 0.3 is 0 Å². The van der Waals surface area contributed by atoms with Gasteiger partial charge in [-0.1, -0.05) is 24.3 Å². The number of aliphatic imine (C=N–C) groups is 3. The molecule has 0 saturated heterocycles. The van der Waals surface area contributed by atoms with Gasteiger partial charge in [0.25, 0.3) is 0 Å². The van der Waals surface area contributed by atoms with Crippen LogP contribution in [-0.4, -0.2) is 49.3 Å². The van der Waals surface area contributed by atoms with E-state index in [-0.39, 0.29) is 53.4 Å². The summed E-state index contributed by atoms with van der Waals surface area (Å²) < 4.78 is 0. The Bertz CT molecular complexity index is 1080. The average molecular weight is 444 g/mol. The van der Waals surface area contributed by atoms with Crippen molar-refractivity contribution < 1.29 is 20.4 Å². The number of rotatable bonds is 4. The van der Waals surface area contributed by atoms with Gasteiger partial charge in [-0.25, -0.2) is 10.0 Å². The number of para-hydroxylation sites is 2. The molecule has 14 N–H and O–H groups in total. The van der Waals surface area contributed by atoms with Gasteiger partial charge in [-0.15, -0.1) is 0 Å². The molecule has 0 bridgehead atoms. The van der Waals surface area contributed by atoms with E-state index in [9.17, 15) is 20.4 Å². The highest BCUT2D eigenvalue weighted by atomic mass is 16.3. The Kier molecular flexibility index (Phi) is 7.49. The summed E-state index contributed by atoms with van der Waals surface area (Å²) in [5, 5.41) is 48.5. The molecule has 2 aromatic carbocycles. The Balaban J connectivity index is 2.39. The maximum atomic E-state index is 10.1. The lowest BCUT2D eigenvalue weighted by Gasteiger charge is -2.24. The molecule has 32 heavy (non-hydrogen) atoms. The van der Waals surface area contributed by atoms with Crippen LogP contribution in [0.15, 0.2) is 51.4 Å². The van der Waals surface area contributed by atoms with Crippen LogP contribution in [0.4, 0.5) is 0 Å². The van der Waals surface area contributed by atoms with E-state index in [4.69, 9.17) is 28.3 Å². The number of hydrogen-bond donors (Lipinski definition) is 10. The number of nitrogens with zero attached hydrogens (tertiary/aromatic N) is 4. The van der Waals surface area contributed by atoms with E-state index in [1.807, 2.05) is 0 Å². The van der Waals surface area contributed by atoms with Gasteiger partial charge in [0.05, 0.1) is 13.1 Å². The van der Waals surface area contributed by atoms with Crippen LogP contribution in [0, 0.1) is 5.41 Å². The van der Waals surface area contributed by atoms with Crippen molar-refractivity contribution in [3.05, 3.63) is 47.5 Å². The molecule has 14 heteroatoms. The Hall–Kier alpha value is -4.88. The van der Waals surface area contributed by atoms with Gasteiger partial charge in [0.1, 0.15) is 0 Å². The first kappa shape index (κ1) is 23.4. The Labute approximate surface area is 182 Å². The Morgan fingerprint density at radius 1 is 0.844 bits per heavy atom. The minimum atomic E-state index is -0.494. The summed E-state index contributed by atoms with van der Waals surface area (Å²) in [6.07, 6.45) is 0. The molecule has 0 radical (unpaired) electrons. The third-order valence-electron chi connectivity index (χ3n) is 3.88. The zero-order chi connectivity index (χ0) is 23.8. The summed E-state index contributed by atoms with van der Waals surface area (Å²) in [5.41, 5.74) is 24.7. The van der Waals surface area contributed by atoms with Crippen LogP contribution in [0.5, 0.6) is 23.0 Å². The molecule has 0 aliphatic heterocycles. The first-order chi connectivity index (χ1) is 15.1. The molecule has 0 amide bonds. The smallest absolute Gasteiger partial charge is 0.240 e. The number of aromatic hydroxyl groups is 4. The number of phenols is 4. The van der Waals surface area contributed by atoms with Crippen molar-refractivity contribution in [2.75, 3.05) is 0 Å². The maximum absolute atomic E-state index is 10.1. The fraction of sp³-hybridized carbons (Fsp3) is 0.111. The van der Waals surface area contributed by atoms with E-state index in [0.717, 1.165) is 5.01 Å². The van der Waals surface area contributed by atoms with Gasteiger partial charge in [0, 0.05) is 11.1 Å². The van der Waals surface area contributed by atoms with E-state index in [2.05, 4.69) is 20.4 Å². The zero-order valence-corrected chi connectivity index (χ0v) is 16.8. The monoisotopic (exact) mass is 444 g/mol. The molecule has 0 aliphatic rings. The standard InChI is InChI=1S/C18H24N10O4/c19-15(20)25-17(23)28(8-10-4-2-6-12(30)14(10)32)27-18(26-16(21)22)24-7-9-3-1-5-11(29)13(9)31/h1-6,29-32H,7-8H2,(H5,19,20,23,25)(H5,21,22,24,26,27). The fourth-order valence-electron chi connectivity index (χ4n) is 2.43. The molecule has 0 fully saturated rings. The molecular weight excluding hydrogens is 420 g/mol. The molecule has 0 spiro atoms. The van der Waals surface area contributed by atoms with Gasteiger partial charge in [-0.2, -0.15) is 9.98 Å². The molecule has 0 aliphatic carbocycles. The molecule has 0 saturated carbocycles. The predicted octanol–water partition coefficient (Wildman–Crippen LogP) is -1.15. The second-order valence-electron chi connectivity index (χ2n) is 6.30. The number of nitrogens with two attached hydrogens (primary N) is 4. The summed E-state index contributed by atoms with van der Waals surface area (Å²) in [4.78, 5) is 11.6. The third kappa shape index (κ3) is 6.31. The first-order valence-electron chi connectivity index (χ1n) is 8.94. The first-order valence-corrected chi connectivity index (χ1v) is 8.94. The second kappa shape index (κ2) is 10.2. The summed E-state index contributed by atoms with van der Waals surface area (Å²) in [6.45, 7) is -0.369. The van der Waals surface area contributed by atoms with E-state index < -0.39 is 17.7 Å². The number of benzene rings is 2. The summed E-state index contributed by atoms with van der Waals surface area (Å²) in [6, 6.07) is 8.61. The van der Waals surface area contributed by atoms with Crippen LogP contribution in [0.1, 0.15) is 11.1 Å². The topological polar surface area (TPSA) is 261 Å². The van der Waals surface area contributed by atoms with Gasteiger partial charge < -0.3 is 43.4 Å². The van der Waals surface area contributed by atoms with Crippen molar-refractivity contribution >= 4 is 23.8 Å². The highest BCUT2D eigenvalue weighted by molar-refractivity contribution is 5.96. The molecule has 2 rings (SSSR count). The Morgan fingerprint density at radius 2 is 1.38 bits per heavy atom. The fourth-order valence-corrected chi connectivity index (χ4v) is 2.43. The van der Waals surface area contributed by atoms with Crippen LogP contribution in [-0.2, 0) is 13.1 Å². The molecule has 0 unspecified atom stereocenters. The highest BCUT2D eigenvalue weighted by Gasteiger charge is 2.17. The summed E-state index contributed by atoms with van der Waals surface area (Å²) in [5.74, 6) is -2.96. The molecular formula is C18H24N10O4. The average Bonchev–Trinajstić information content (AvgIpc) is 2.70. The van der Waals surface area contributed by atoms with Gasteiger partial charge in [-0.05, 0) is 12.1 Å². The summed E-state index contributed by atoms with van der Waals surface area (Å²) in [7, 11) is 0. The van der Waals surface area contributed by atoms with Crippen LogP contribution in [0.3, 0.4) is 0 Å². The lowest BCUT2D eigenvalue weighted by molar-refractivity contribution is 0.343. The van der Waals surface area contributed by atoms with Crippen LogP contribution < -0.4 is 28.4 Å². The number of phenolic OH excluding ortho intramolecular Hbond substituents is 4. The maximum Gasteiger partial charge on any atom is 0.240 e. The van der Waals surface area contributed by atoms with Crippen molar-refractivity contribution in [3.8, 4) is 23.0 Å². The molecule has 2 aromatic rings. The predicted molar refractivity (Wildman–Crippen MR) is 119 cm³/mol. The van der Waals surface area contributed by atoms with Crippen LogP contribution in [0.2, 0.25) is 0 Å². The van der Waals surface area contributed by atoms with Crippen molar-refractivity contribution in [1.29, 1.82) is 5.41 Å².